The van der Waals surface area contributed by atoms with Gasteiger partial charge in [0.05, 0.1) is 28.5 Å². The number of aromatic nitrogens is 2. The van der Waals surface area contributed by atoms with Gasteiger partial charge in [-0.1, -0.05) is 23.7 Å². The van der Waals surface area contributed by atoms with Gasteiger partial charge in [0, 0.05) is 18.1 Å². The Morgan fingerprint density at radius 1 is 1.13 bits per heavy atom. The molecule has 160 valence electrons. The molecule has 1 fully saturated rings. The molecular weight excluding hydrogens is 414 g/mol. The van der Waals surface area contributed by atoms with E-state index in [0.29, 0.717) is 27.3 Å². The van der Waals surface area contributed by atoms with E-state index in [0.717, 1.165) is 25.9 Å². The van der Waals surface area contributed by atoms with E-state index in [4.69, 9.17) is 11.6 Å². The molecule has 1 N–H and O–H groups in total. The first kappa shape index (κ1) is 21.2. The molecule has 0 radical (unpaired) electrons. The van der Waals surface area contributed by atoms with Crippen LogP contribution in [0.1, 0.15) is 33.7 Å². The number of likely N-dealkylation sites (tertiary alicyclic amines) is 1. The van der Waals surface area contributed by atoms with E-state index in [1.807, 2.05) is 18.2 Å². The molecule has 4 rings (SSSR count). The van der Waals surface area contributed by atoms with Gasteiger partial charge < -0.3 is 15.1 Å². The Morgan fingerprint density at radius 2 is 1.84 bits per heavy atom. The third-order valence-electron chi connectivity index (χ3n) is 5.70. The fourth-order valence-corrected chi connectivity index (χ4v) is 3.97. The smallest absolute Gasteiger partial charge is 0.275 e. The molecule has 0 atom stereocenters. The molecule has 0 saturated carbocycles. The monoisotopic (exact) mass is 437 g/mol. The fourth-order valence-electron chi connectivity index (χ4n) is 3.79. The maximum atomic E-state index is 13.3. The number of hydrogen-bond acceptors (Lipinski definition) is 5. The number of rotatable bonds is 4. The van der Waals surface area contributed by atoms with Gasteiger partial charge in [-0.25, -0.2) is 4.98 Å². The molecule has 0 bridgehead atoms. The molecule has 0 aliphatic carbocycles. The van der Waals surface area contributed by atoms with E-state index in [1.54, 1.807) is 36.2 Å². The minimum atomic E-state index is -0.434. The second-order valence-electron chi connectivity index (χ2n) is 7.84. The summed E-state index contributed by atoms with van der Waals surface area (Å²) in [6.45, 7) is 1.89. The maximum Gasteiger partial charge on any atom is 0.275 e. The lowest BCUT2D eigenvalue weighted by atomic mass is 10.0. The van der Waals surface area contributed by atoms with Crippen LogP contribution < -0.4 is 5.32 Å². The number of carbonyl (C=O) groups excluding carboxylic acids is 2. The van der Waals surface area contributed by atoms with E-state index in [1.165, 1.54) is 6.20 Å². The molecule has 1 saturated heterocycles. The number of para-hydroxylation sites is 2. The van der Waals surface area contributed by atoms with Crippen LogP contribution in [0.5, 0.6) is 0 Å². The van der Waals surface area contributed by atoms with E-state index in [9.17, 15) is 9.59 Å². The minimum Gasteiger partial charge on any atom is -0.339 e. The molecular formula is C23H24ClN5O2. The molecule has 7 nitrogen and oxygen atoms in total. The summed E-state index contributed by atoms with van der Waals surface area (Å²) >= 11 is 6.18. The van der Waals surface area contributed by atoms with Crippen molar-refractivity contribution in [3.05, 3.63) is 64.9 Å². The average Bonchev–Trinajstić information content (AvgIpc) is 2.79. The minimum absolute atomic E-state index is 0.151. The topological polar surface area (TPSA) is 78.4 Å². The summed E-state index contributed by atoms with van der Waals surface area (Å²) in [6, 6.07) is 12.4. The van der Waals surface area contributed by atoms with E-state index < -0.39 is 5.91 Å². The summed E-state index contributed by atoms with van der Waals surface area (Å²) in [6.07, 6.45) is 3.25. The average molecular weight is 438 g/mol. The van der Waals surface area contributed by atoms with Crippen LogP contribution >= 0.6 is 11.6 Å². The van der Waals surface area contributed by atoms with Crippen LogP contribution in [0.15, 0.2) is 48.7 Å². The van der Waals surface area contributed by atoms with Crippen molar-refractivity contribution >= 4 is 40.1 Å². The quantitative estimate of drug-likeness (QED) is 0.673. The Labute approximate surface area is 186 Å². The molecule has 2 aromatic carbocycles. The van der Waals surface area contributed by atoms with E-state index in [2.05, 4.69) is 27.2 Å². The molecule has 31 heavy (non-hydrogen) atoms. The van der Waals surface area contributed by atoms with Gasteiger partial charge in [0.1, 0.15) is 5.69 Å². The molecule has 0 unspecified atom stereocenters. The SMILES string of the molecule is CN1CCC(N(C)C(=O)c2cc(Cl)ccc2NC(=O)c2cnc3ccccc3n2)CC1. The Bertz CT molecular complexity index is 1130. The first-order chi connectivity index (χ1) is 14.9. The van der Waals surface area contributed by atoms with Crippen LogP contribution in [0.2, 0.25) is 5.02 Å². The highest BCUT2D eigenvalue weighted by molar-refractivity contribution is 6.31. The number of fused-ring (bicyclic) bond motifs is 1. The van der Waals surface area contributed by atoms with E-state index >= 15 is 0 Å². The third kappa shape index (κ3) is 4.68. The number of hydrogen-bond donors (Lipinski definition) is 1. The van der Waals surface area contributed by atoms with Crippen molar-refractivity contribution < 1.29 is 9.59 Å². The highest BCUT2D eigenvalue weighted by Crippen LogP contribution is 2.25. The first-order valence-corrected chi connectivity index (χ1v) is 10.6. The second kappa shape index (κ2) is 8.99. The van der Waals surface area contributed by atoms with Crippen molar-refractivity contribution in [3.63, 3.8) is 0 Å². The summed E-state index contributed by atoms with van der Waals surface area (Å²) in [5.74, 6) is -0.603. The molecule has 1 aliphatic rings. The van der Waals surface area contributed by atoms with Crippen molar-refractivity contribution in [1.82, 2.24) is 19.8 Å². The summed E-state index contributed by atoms with van der Waals surface area (Å²) in [5, 5.41) is 3.24. The number of benzene rings is 2. The van der Waals surface area contributed by atoms with Gasteiger partial charge in [0.25, 0.3) is 11.8 Å². The highest BCUT2D eigenvalue weighted by atomic mass is 35.5. The lowest BCUT2D eigenvalue weighted by Gasteiger charge is -2.35. The van der Waals surface area contributed by atoms with Crippen molar-refractivity contribution in [3.8, 4) is 0 Å². The van der Waals surface area contributed by atoms with Gasteiger partial charge in [-0.3, -0.25) is 14.6 Å². The van der Waals surface area contributed by atoms with Crippen LogP contribution in [-0.4, -0.2) is 64.8 Å². The summed E-state index contributed by atoms with van der Waals surface area (Å²) in [4.78, 5) is 38.8. The van der Waals surface area contributed by atoms with Crippen LogP contribution in [0.3, 0.4) is 0 Å². The lowest BCUT2D eigenvalue weighted by Crippen LogP contribution is -2.44. The maximum absolute atomic E-state index is 13.3. The van der Waals surface area contributed by atoms with Crippen molar-refractivity contribution in [2.75, 3.05) is 32.5 Å². The van der Waals surface area contributed by atoms with Crippen LogP contribution in [0.4, 0.5) is 5.69 Å². The fraction of sp³-hybridized carbons (Fsp3) is 0.304. The van der Waals surface area contributed by atoms with Gasteiger partial charge in [0.2, 0.25) is 0 Å². The normalized spacial score (nSPS) is 15.1. The zero-order valence-electron chi connectivity index (χ0n) is 17.5. The zero-order chi connectivity index (χ0) is 22.0. The first-order valence-electron chi connectivity index (χ1n) is 10.2. The van der Waals surface area contributed by atoms with Gasteiger partial charge in [-0.15, -0.1) is 0 Å². The third-order valence-corrected chi connectivity index (χ3v) is 5.93. The molecule has 3 aromatic rings. The lowest BCUT2D eigenvalue weighted by molar-refractivity contribution is 0.0660. The van der Waals surface area contributed by atoms with Crippen molar-refractivity contribution in [2.45, 2.75) is 18.9 Å². The van der Waals surface area contributed by atoms with Crippen LogP contribution in [0, 0.1) is 0 Å². The van der Waals surface area contributed by atoms with E-state index in [-0.39, 0.29) is 17.6 Å². The highest BCUT2D eigenvalue weighted by Gasteiger charge is 2.27. The molecule has 0 spiro atoms. The zero-order valence-corrected chi connectivity index (χ0v) is 18.3. The van der Waals surface area contributed by atoms with Gasteiger partial charge in [0.15, 0.2) is 0 Å². The molecule has 8 heteroatoms. The number of nitrogens with one attached hydrogen (secondary N) is 1. The van der Waals surface area contributed by atoms with Gasteiger partial charge in [-0.2, -0.15) is 0 Å². The Balaban J connectivity index is 1.57. The van der Waals surface area contributed by atoms with Crippen LogP contribution in [-0.2, 0) is 0 Å². The Morgan fingerprint density at radius 3 is 2.58 bits per heavy atom. The number of amides is 2. The number of anilines is 1. The largest absolute Gasteiger partial charge is 0.339 e. The second-order valence-corrected chi connectivity index (χ2v) is 8.27. The number of carbonyl (C=O) groups is 2. The number of halogens is 1. The van der Waals surface area contributed by atoms with Crippen molar-refractivity contribution in [1.29, 1.82) is 0 Å². The molecule has 2 heterocycles. The summed E-state index contributed by atoms with van der Waals surface area (Å²) < 4.78 is 0. The number of piperidine rings is 1. The predicted octanol–water partition coefficient (Wildman–Crippen LogP) is 3.70. The predicted molar refractivity (Wildman–Crippen MR) is 122 cm³/mol. The summed E-state index contributed by atoms with van der Waals surface area (Å²) in [5.41, 5.74) is 2.27. The number of nitrogens with zero attached hydrogens (tertiary/aromatic N) is 4. The van der Waals surface area contributed by atoms with Crippen molar-refractivity contribution in [2.24, 2.45) is 0 Å². The Hall–Kier alpha value is -3.03. The van der Waals surface area contributed by atoms with Gasteiger partial charge in [-0.05, 0) is 63.3 Å². The Kier molecular flexibility index (Phi) is 6.15. The van der Waals surface area contributed by atoms with Gasteiger partial charge >= 0.3 is 0 Å². The summed E-state index contributed by atoms with van der Waals surface area (Å²) in [7, 11) is 3.89. The molecule has 1 aliphatic heterocycles. The standard InChI is InChI=1S/C23H24ClN5O2/c1-28-11-9-16(10-12-28)29(2)23(31)17-13-15(24)7-8-18(17)27-22(30)21-14-25-19-5-3-4-6-20(19)26-21/h3-8,13-14,16H,9-12H2,1-2H3,(H,27,30). The molecule has 2 amide bonds. The van der Waals surface area contributed by atoms with Crippen LogP contribution in [0.25, 0.3) is 11.0 Å². The molecule has 1 aromatic heterocycles.